The van der Waals surface area contributed by atoms with E-state index < -0.39 is 0 Å². The molecule has 146 valence electrons. The Morgan fingerprint density at radius 1 is 1.18 bits per heavy atom. The SMILES string of the molecule is CC(=O)N1CCC(c2cncc(N3C(=O)OCC3Cc3ccccc3)n2)CC1. The number of benzene rings is 1. The summed E-state index contributed by atoms with van der Waals surface area (Å²) in [6, 6.07) is 9.96. The molecule has 2 aliphatic rings. The second-order valence-electron chi connectivity index (χ2n) is 7.37. The first kappa shape index (κ1) is 18.4. The van der Waals surface area contributed by atoms with Crippen LogP contribution in [0.25, 0.3) is 0 Å². The third-order valence-corrected chi connectivity index (χ3v) is 5.52. The number of hydrogen-bond acceptors (Lipinski definition) is 5. The summed E-state index contributed by atoms with van der Waals surface area (Å²) in [5.74, 6) is 0.894. The molecule has 1 atom stereocenters. The molecule has 1 unspecified atom stereocenters. The molecule has 2 fully saturated rings. The second-order valence-corrected chi connectivity index (χ2v) is 7.37. The van der Waals surface area contributed by atoms with Crippen LogP contribution >= 0.6 is 0 Å². The van der Waals surface area contributed by atoms with E-state index in [1.807, 2.05) is 35.2 Å². The van der Waals surface area contributed by atoms with Crippen LogP contribution in [0.15, 0.2) is 42.7 Å². The molecule has 2 amide bonds. The first-order valence-corrected chi connectivity index (χ1v) is 9.69. The van der Waals surface area contributed by atoms with Gasteiger partial charge in [-0.2, -0.15) is 0 Å². The number of likely N-dealkylation sites (tertiary alicyclic amines) is 1. The third-order valence-electron chi connectivity index (χ3n) is 5.52. The Kier molecular flexibility index (Phi) is 5.23. The van der Waals surface area contributed by atoms with Gasteiger partial charge in [-0.15, -0.1) is 0 Å². The van der Waals surface area contributed by atoms with Crippen molar-refractivity contribution in [3.8, 4) is 0 Å². The van der Waals surface area contributed by atoms with Crippen LogP contribution in [0.1, 0.15) is 36.9 Å². The molecule has 7 heteroatoms. The summed E-state index contributed by atoms with van der Waals surface area (Å²) in [4.78, 5) is 36.5. The first-order valence-electron chi connectivity index (χ1n) is 9.69. The van der Waals surface area contributed by atoms with Gasteiger partial charge in [-0.05, 0) is 24.8 Å². The molecule has 0 saturated carbocycles. The van der Waals surface area contributed by atoms with E-state index in [0.29, 0.717) is 18.8 Å². The fraction of sp³-hybridized carbons (Fsp3) is 0.429. The number of aromatic nitrogens is 2. The lowest BCUT2D eigenvalue weighted by Crippen LogP contribution is -2.37. The first-order chi connectivity index (χ1) is 13.6. The summed E-state index contributed by atoms with van der Waals surface area (Å²) >= 11 is 0. The molecular weight excluding hydrogens is 356 g/mol. The molecule has 2 aromatic rings. The van der Waals surface area contributed by atoms with Gasteiger partial charge in [-0.1, -0.05) is 30.3 Å². The molecule has 0 radical (unpaired) electrons. The minimum Gasteiger partial charge on any atom is -0.447 e. The van der Waals surface area contributed by atoms with E-state index in [1.54, 1.807) is 24.2 Å². The van der Waals surface area contributed by atoms with E-state index >= 15 is 0 Å². The number of hydrogen-bond donors (Lipinski definition) is 0. The lowest BCUT2D eigenvalue weighted by atomic mass is 9.94. The fourth-order valence-corrected chi connectivity index (χ4v) is 3.95. The van der Waals surface area contributed by atoms with Gasteiger partial charge in [0.25, 0.3) is 0 Å². The van der Waals surface area contributed by atoms with Crippen molar-refractivity contribution in [2.45, 2.75) is 38.1 Å². The highest BCUT2D eigenvalue weighted by Gasteiger charge is 2.36. The van der Waals surface area contributed by atoms with Gasteiger partial charge in [0.05, 0.1) is 17.9 Å². The van der Waals surface area contributed by atoms with Crippen LogP contribution in [0.3, 0.4) is 0 Å². The number of ether oxygens (including phenoxy) is 1. The number of carbonyl (C=O) groups excluding carboxylic acids is 2. The summed E-state index contributed by atoms with van der Waals surface area (Å²) in [6.07, 6.45) is 5.43. The van der Waals surface area contributed by atoms with Crippen LogP contribution < -0.4 is 4.90 Å². The van der Waals surface area contributed by atoms with Crippen molar-refractivity contribution in [2.24, 2.45) is 0 Å². The molecule has 0 aliphatic carbocycles. The van der Waals surface area contributed by atoms with Crippen molar-refractivity contribution in [3.05, 3.63) is 54.0 Å². The predicted molar refractivity (Wildman–Crippen MR) is 104 cm³/mol. The van der Waals surface area contributed by atoms with Crippen LogP contribution in [0, 0.1) is 0 Å². The Bertz CT molecular complexity index is 850. The molecule has 0 N–H and O–H groups in total. The van der Waals surface area contributed by atoms with Gasteiger partial charge in [-0.3, -0.25) is 14.7 Å². The highest BCUT2D eigenvalue weighted by molar-refractivity contribution is 5.89. The van der Waals surface area contributed by atoms with E-state index in [0.717, 1.165) is 37.2 Å². The summed E-state index contributed by atoms with van der Waals surface area (Å²) in [7, 11) is 0. The van der Waals surface area contributed by atoms with E-state index in [4.69, 9.17) is 9.72 Å². The van der Waals surface area contributed by atoms with Crippen LogP contribution in [0.5, 0.6) is 0 Å². The number of cyclic esters (lactones) is 1. The normalized spacial score (nSPS) is 20.3. The quantitative estimate of drug-likeness (QED) is 0.815. The molecule has 1 aromatic heterocycles. The maximum Gasteiger partial charge on any atom is 0.415 e. The summed E-state index contributed by atoms with van der Waals surface area (Å²) in [5.41, 5.74) is 2.02. The zero-order valence-electron chi connectivity index (χ0n) is 16.0. The van der Waals surface area contributed by atoms with Crippen LogP contribution in [-0.4, -0.2) is 52.6 Å². The largest absolute Gasteiger partial charge is 0.447 e. The molecule has 7 nitrogen and oxygen atoms in total. The second kappa shape index (κ2) is 7.96. The van der Waals surface area contributed by atoms with E-state index in [9.17, 15) is 9.59 Å². The molecule has 1 aromatic carbocycles. The van der Waals surface area contributed by atoms with Gasteiger partial charge in [-0.25, -0.2) is 9.78 Å². The third kappa shape index (κ3) is 3.83. The van der Waals surface area contributed by atoms with Crippen molar-refractivity contribution < 1.29 is 14.3 Å². The Morgan fingerprint density at radius 3 is 2.64 bits per heavy atom. The van der Waals surface area contributed by atoms with E-state index in [-0.39, 0.29) is 24.0 Å². The lowest BCUT2D eigenvalue weighted by Gasteiger charge is -2.31. The summed E-state index contributed by atoms with van der Waals surface area (Å²) < 4.78 is 5.31. The van der Waals surface area contributed by atoms with Crippen LogP contribution in [-0.2, 0) is 16.0 Å². The fourth-order valence-electron chi connectivity index (χ4n) is 3.95. The molecule has 2 aliphatic heterocycles. The summed E-state index contributed by atoms with van der Waals surface area (Å²) in [6.45, 7) is 3.41. The minimum atomic E-state index is -0.376. The van der Waals surface area contributed by atoms with Crippen molar-refractivity contribution >= 4 is 17.8 Å². The molecular formula is C21H24N4O3. The van der Waals surface area contributed by atoms with Gasteiger partial charge >= 0.3 is 6.09 Å². The van der Waals surface area contributed by atoms with Crippen molar-refractivity contribution in [1.29, 1.82) is 0 Å². The van der Waals surface area contributed by atoms with Gasteiger partial charge in [0, 0.05) is 32.1 Å². The monoisotopic (exact) mass is 380 g/mol. The maximum atomic E-state index is 12.4. The summed E-state index contributed by atoms with van der Waals surface area (Å²) in [5, 5.41) is 0. The standard InChI is InChI=1S/C21H24N4O3/c1-15(26)24-9-7-17(8-10-24)19-12-22-13-20(23-19)25-18(14-28-21(25)27)11-16-5-3-2-4-6-16/h2-6,12-13,17-18H,7-11,14H2,1H3. The zero-order valence-corrected chi connectivity index (χ0v) is 16.0. The van der Waals surface area contributed by atoms with Crippen molar-refractivity contribution in [2.75, 3.05) is 24.6 Å². The molecule has 4 rings (SSSR count). The number of anilines is 1. The Morgan fingerprint density at radius 2 is 1.93 bits per heavy atom. The average molecular weight is 380 g/mol. The lowest BCUT2D eigenvalue weighted by molar-refractivity contribution is -0.129. The number of carbonyl (C=O) groups is 2. The van der Waals surface area contributed by atoms with Gasteiger partial charge in [0.1, 0.15) is 6.61 Å². The highest BCUT2D eigenvalue weighted by atomic mass is 16.6. The molecule has 0 bridgehead atoms. The Balaban J connectivity index is 1.51. The van der Waals surface area contributed by atoms with Crippen LogP contribution in [0.4, 0.5) is 10.6 Å². The highest BCUT2D eigenvalue weighted by Crippen LogP contribution is 2.29. The Hall–Kier alpha value is -2.96. The number of piperidine rings is 1. The molecule has 28 heavy (non-hydrogen) atoms. The Labute approximate surface area is 164 Å². The van der Waals surface area contributed by atoms with Gasteiger partial charge in [0.15, 0.2) is 5.82 Å². The average Bonchev–Trinajstić information content (AvgIpc) is 3.09. The van der Waals surface area contributed by atoms with E-state index in [2.05, 4.69) is 4.98 Å². The molecule has 3 heterocycles. The van der Waals surface area contributed by atoms with Gasteiger partial charge in [0.2, 0.25) is 5.91 Å². The van der Waals surface area contributed by atoms with Crippen LogP contribution in [0.2, 0.25) is 0 Å². The number of nitrogens with zero attached hydrogens (tertiary/aromatic N) is 4. The van der Waals surface area contributed by atoms with Gasteiger partial charge < -0.3 is 9.64 Å². The van der Waals surface area contributed by atoms with E-state index in [1.165, 1.54) is 0 Å². The maximum absolute atomic E-state index is 12.4. The number of amides is 2. The number of rotatable bonds is 4. The molecule has 0 spiro atoms. The van der Waals surface area contributed by atoms with Crippen molar-refractivity contribution in [3.63, 3.8) is 0 Å². The topological polar surface area (TPSA) is 75.6 Å². The molecule has 2 saturated heterocycles. The zero-order chi connectivity index (χ0) is 19.5. The minimum absolute atomic E-state index is 0.0981. The smallest absolute Gasteiger partial charge is 0.415 e. The van der Waals surface area contributed by atoms with Crippen molar-refractivity contribution in [1.82, 2.24) is 14.9 Å². The predicted octanol–water partition coefficient (Wildman–Crippen LogP) is 2.77.